The van der Waals surface area contributed by atoms with Gasteiger partial charge in [-0.15, -0.1) is 0 Å². The number of carbonyl (C=O) groups excluding carboxylic acids is 1. The summed E-state index contributed by atoms with van der Waals surface area (Å²) in [5.74, 6) is 7.19. The normalized spacial score (nSPS) is 13.5. The summed E-state index contributed by atoms with van der Waals surface area (Å²) < 4.78 is 0. The van der Waals surface area contributed by atoms with Crippen LogP contribution in [0, 0.1) is 18.8 Å². The van der Waals surface area contributed by atoms with Crippen LogP contribution < -0.4 is 4.90 Å². The zero-order valence-corrected chi connectivity index (χ0v) is 17.4. The number of amides is 1. The number of benzene rings is 2. The molecule has 1 amide bonds. The second-order valence-electron chi connectivity index (χ2n) is 7.13. The number of hydrogen-bond donors (Lipinski definition) is 0. The Balaban J connectivity index is 1.47. The molecule has 6 heteroatoms. The van der Waals surface area contributed by atoms with Gasteiger partial charge >= 0.3 is 0 Å². The van der Waals surface area contributed by atoms with Gasteiger partial charge in [0.1, 0.15) is 5.82 Å². The van der Waals surface area contributed by atoms with Gasteiger partial charge in [0.2, 0.25) is 0 Å². The number of carbonyl (C=O) groups is 1. The van der Waals surface area contributed by atoms with Crippen molar-refractivity contribution in [2.24, 2.45) is 0 Å². The van der Waals surface area contributed by atoms with E-state index in [1.807, 2.05) is 54.3 Å². The minimum absolute atomic E-state index is 0.0274. The molecule has 0 spiro atoms. The molecular formula is C24H21ClN4O. The summed E-state index contributed by atoms with van der Waals surface area (Å²) in [4.78, 5) is 25.5. The highest BCUT2D eigenvalue weighted by Gasteiger charge is 2.23. The molecule has 3 aromatic rings. The van der Waals surface area contributed by atoms with Crippen molar-refractivity contribution in [3.8, 4) is 11.8 Å². The highest BCUT2D eigenvalue weighted by atomic mass is 35.5. The maximum Gasteiger partial charge on any atom is 0.254 e. The van der Waals surface area contributed by atoms with E-state index in [9.17, 15) is 4.79 Å². The summed E-state index contributed by atoms with van der Waals surface area (Å²) in [6, 6.07) is 13.1. The van der Waals surface area contributed by atoms with Crippen LogP contribution in [0.5, 0.6) is 0 Å². The molecule has 0 radical (unpaired) electrons. The second kappa shape index (κ2) is 8.98. The lowest BCUT2D eigenvalue weighted by Crippen LogP contribution is -2.49. The van der Waals surface area contributed by atoms with E-state index in [4.69, 9.17) is 11.6 Å². The lowest BCUT2D eigenvalue weighted by Gasteiger charge is -2.35. The fourth-order valence-electron chi connectivity index (χ4n) is 3.37. The molecule has 0 N–H and O–H groups in total. The van der Waals surface area contributed by atoms with E-state index in [1.165, 1.54) is 0 Å². The van der Waals surface area contributed by atoms with Crippen LogP contribution in [0.4, 0.5) is 5.82 Å². The molecule has 0 atom stereocenters. The predicted molar refractivity (Wildman–Crippen MR) is 119 cm³/mol. The van der Waals surface area contributed by atoms with Gasteiger partial charge in [-0.25, -0.2) is 4.98 Å². The summed E-state index contributed by atoms with van der Waals surface area (Å²) in [7, 11) is 0. The largest absolute Gasteiger partial charge is 0.352 e. The number of rotatable bonds is 2. The van der Waals surface area contributed by atoms with Crippen molar-refractivity contribution in [3.05, 3.63) is 88.3 Å². The third kappa shape index (κ3) is 4.61. The van der Waals surface area contributed by atoms with Gasteiger partial charge in [-0.3, -0.25) is 9.78 Å². The lowest BCUT2D eigenvalue weighted by atomic mass is 10.0. The van der Waals surface area contributed by atoms with Gasteiger partial charge in [-0.2, -0.15) is 0 Å². The summed E-state index contributed by atoms with van der Waals surface area (Å²) >= 11 is 6.03. The maximum atomic E-state index is 13.0. The van der Waals surface area contributed by atoms with Crippen LogP contribution in [0.25, 0.3) is 0 Å². The van der Waals surface area contributed by atoms with Crippen molar-refractivity contribution in [1.82, 2.24) is 14.9 Å². The first-order valence-electron chi connectivity index (χ1n) is 9.78. The average Bonchev–Trinajstić information content (AvgIpc) is 2.79. The number of aromatic nitrogens is 2. The molecule has 1 aromatic heterocycles. The quantitative estimate of drug-likeness (QED) is 0.596. The molecule has 0 saturated carbocycles. The zero-order chi connectivity index (χ0) is 20.9. The van der Waals surface area contributed by atoms with Gasteiger partial charge in [0.25, 0.3) is 5.91 Å². The zero-order valence-electron chi connectivity index (χ0n) is 16.7. The van der Waals surface area contributed by atoms with Crippen molar-refractivity contribution in [3.63, 3.8) is 0 Å². The van der Waals surface area contributed by atoms with Crippen molar-refractivity contribution in [2.75, 3.05) is 31.1 Å². The molecule has 150 valence electrons. The predicted octanol–water partition coefficient (Wildman–Crippen LogP) is 3.80. The fraction of sp³-hybridized carbons (Fsp3) is 0.208. The lowest BCUT2D eigenvalue weighted by molar-refractivity contribution is 0.0746. The van der Waals surface area contributed by atoms with E-state index in [0.29, 0.717) is 23.7 Å². The van der Waals surface area contributed by atoms with Gasteiger partial charge < -0.3 is 9.80 Å². The van der Waals surface area contributed by atoms with E-state index < -0.39 is 0 Å². The van der Waals surface area contributed by atoms with Crippen molar-refractivity contribution < 1.29 is 4.79 Å². The molecule has 1 fully saturated rings. The van der Waals surface area contributed by atoms with E-state index in [-0.39, 0.29) is 5.91 Å². The standard InChI is InChI=1S/C24H21ClN4O/c1-18-5-7-21(16-20(18)8-6-19-3-2-4-22(25)15-19)24(30)29-13-11-28(12-14-29)23-17-26-9-10-27-23/h2-5,7,9-10,15-17H,11-14H2,1H3. The van der Waals surface area contributed by atoms with Crippen molar-refractivity contribution >= 4 is 23.3 Å². The number of aryl methyl sites for hydroxylation is 1. The Kier molecular flexibility index (Phi) is 5.97. The number of piperazine rings is 1. The Morgan fingerprint density at radius 1 is 1.03 bits per heavy atom. The van der Waals surface area contributed by atoms with Crippen LogP contribution in [-0.2, 0) is 0 Å². The molecule has 1 saturated heterocycles. The SMILES string of the molecule is Cc1ccc(C(=O)N2CCN(c3cnccn3)CC2)cc1C#Cc1cccc(Cl)c1. The number of hydrogen-bond acceptors (Lipinski definition) is 4. The van der Waals surface area contributed by atoms with E-state index >= 15 is 0 Å². The monoisotopic (exact) mass is 416 g/mol. The molecule has 2 heterocycles. The van der Waals surface area contributed by atoms with E-state index in [0.717, 1.165) is 35.6 Å². The molecule has 0 bridgehead atoms. The second-order valence-corrected chi connectivity index (χ2v) is 7.57. The highest BCUT2D eigenvalue weighted by Crippen LogP contribution is 2.17. The van der Waals surface area contributed by atoms with Crippen LogP contribution >= 0.6 is 11.6 Å². The minimum Gasteiger partial charge on any atom is -0.352 e. The molecule has 2 aromatic carbocycles. The van der Waals surface area contributed by atoms with Crippen LogP contribution in [-0.4, -0.2) is 47.0 Å². The van der Waals surface area contributed by atoms with Gasteiger partial charge in [0.15, 0.2) is 0 Å². The molecular weight excluding hydrogens is 396 g/mol. The average molecular weight is 417 g/mol. The van der Waals surface area contributed by atoms with Crippen LogP contribution in [0.1, 0.15) is 27.0 Å². The van der Waals surface area contributed by atoms with Gasteiger partial charge in [0.05, 0.1) is 6.20 Å². The Labute approximate surface area is 181 Å². The van der Waals surface area contributed by atoms with Crippen molar-refractivity contribution in [2.45, 2.75) is 6.92 Å². The molecule has 4 rings (SSSR count). The Hall–Kier alpha value is -3.36. The molecule has 0 unspecified atom stereocenters. The van der Waals surface area contributed by atoms with Crippen LogP contribution in [0.3, 0.4) is 0 Å². The minimum atomic E-state index is 0.0274. The first kappa shape index (κ1) is 19.9. The summed E-state index contributed by atoms with van der Waals surface area (Å²) in [6.45, 7) is 4.75. The molecule has 30 heavy (non-hydrogen) atoms. The van der Waals surface area contributed by atoms with Gasteiger partial charge in [-0.1, -0.05) is 35.6 Å². The molecule has 5 nitrogen and oxygen atoms in total. The number of halogens is 1. The van der Waals surface area contributed by atoms with E-state index in [1.54, 1.807) is 18.6 Å². The first-order chi connectivity index (χ1) is 14.6. The first-order valence-corrected chi connectivity index (χ1v) is 10.2. The number of nitrogens with zero attached hydrogens (tertiary/aromatic N) is 4. The third-order valence-electron chi connectivity index (χ3n) is 5.09. The summed E-state index contributed by atoms with van der Waals surface area (Å²) in [6.07, 6.45) is 5.10. The smallest absolute Gasteiger partial charge is 0.254 e. The Morgan fingerprint density at radius 2 is 1.87 bits per heavy atom. The molecule has 1 aliphatic rings. The highest BCUT2D eigenvalue weighted by molar-refractivity contribution is 6.30. The third-order valence-corrected chi connectivity index (χ3v) is 5.33. The fourth-order valence-corrected chi connectivity index (χ4v) is 3.56. The maximum absolute atomic E-state index is 13.0. The topological polar surface area (TPSA) is 49.3 Å². The number of anilines is 1. The summed E-state index contributed by atoms with van der Waals surface area (Å²) in [5.41, 5.74) is 3.38. The summed E-state index contributed by atoms with van der Waals surface area (Å²) in [5, 5.41) is 0.656. The Morgan fingerprint density at radius 3 is 2.60 bits per heavy atom. The molecule has 0 aliphatic carbocycles. The van der Waals surface area contributed by atoms with Gasteiger partial charge in [0, 0.05) is 60.3 Å². The Bertz CT molecular complexity index is 1110. The van der Waals surface area contributed by atoms with Crippen LogP contribution in [0.15, 0.2) is 61.1 Å². The molecule has 1 aliphatic heterocycles. The van der Waals surface area contributed by atoms with Crippen molar-refractivity contribution in [1.29, 1.82) is 0 Å². The van der Waals surface area contributed by atoms with E-state index in [2.05, 4.69) is 26.7 Å². The van der Waals surface area contributed by atoms with Gasteiger partial charge in [-0.05, 0) is 42.8 Å². The van der Waals surface area contributed by atoms with Crippen LogP contribution in [0.2, 0.25) is 5.02 Å².